The number of anilines is 1. The highest BCUT2D eigenvalue weighted by atomic mass is 16.5. The number of rotatable bonds is 6. The molecule has 2 aromatic carbocycles. The number of aryl methyl sites for hydroxylation is 2. The molecule has 0 heterocycles. The van der Waals surface area contributed by atoms with Crippen molar-refractivity contribution in [3.63, 3.8) is 0 Å². The van der Waals surface area contributed by atoms with Crippen LogP contribution in [-0.4, -0.2) is 13.2 Å². The number of nitrogens with one attached hydrogen (secondary N) is 1. The van der Waals surface area contributed by atoms with Crippen molar-refractivity contribution >= 4 is 5.69 Å². The third-order valence-corrected chi connectivity index (χ3v) is 3.57. The molecule has 2 rings (SSSR count). The molecule has 2 heteroatoms. The summed E-state index contributed by atoms with van der Waals surface area (Å²) in [6.07, 6.45) is 0. The maximum absolute atomic E-state index is 5.88. The zero-order valence-electron chi connectivity index (χ0n) is 13.4. The molecule has 0 fully saturated rings. The van der Waals surface area contributed by atoms with Gasteiger partial charge in [0, 0.05) is 12.2 Å². The highest BCUT2D eigenvalue weighted by Crippen LogP contribution is 2.22. The molecule has 0 amide bonds. The SMILES string of the molecule is Cc1cc(OCCNc2ccccc2C)cc(C(C)C)c1. The molecule has 1 N–H and O–H groups in total. The first kappa shape index (κ1) is 15.4. The first-order valence-corrected chi connectivity index (χ1v) is 7.60. The fourth-order valence-corrected chi connectivity index (χ4v) is 2.32. The van der Waals surface area contributed by atoms with Gasteiger partial charge in [0.25, 0.3) is 0 Å². The molecule has 0 aromatic heterocycles. The molecule has 112 valence electrons. The third-order valence-electron chi connectivity index (χ3n) is 3.57. The van der Waals surface area contributed by atoms with Crippen LogP contribution in [0.3, 0.4) is 0 Å². The van der Waals surface area contributed by atoms with Gasteiger partial charge in [0.05, 0.1) is 0 Å². The highest BCUT2D eigenvalue weighted by molar-refractivity contribution is 5.50. The molecule has 0 aliphatic carbocycles. The Kier molecular flexibility index (Phi) is 5.26. The van der Waals surface area contributed by atoms with Crippen LogP contribution >= 0.6 is 0 Å². The molecule has 2 aromatic rings. The van der Waals surface area contributed by atoms with Gasteiger partial charge >= 0.3 is 0 Å². The van der Waals surface area contributed by atoms with E-state index >= 15 is 0 Å². The lowest BCUT2D eigenvalue weighted by molar-refractivity contribution is 0.332. The number of benzene rings is 2. The van der Waals surface area contributed by atoms with Crippen LogP contribution in [0.1, 0.15) is 36.5 Å². The maximum atomic E-state index is 5.88. The van der Waals surface area contributed by atoms with Crippen molar-refractivity contribution in [3.05, 3.63) is 59.2 Å². The second-order valence-corrected chi connectivity index (χ2v) is 5.82. The van der Waals surface area contributed by atoms with E-state index in [2.05, 4.69) is 69.4 Å². The van der Waals surface area contributed by atoms with E-state index in [-0.39, 0.29) is 0 Å². The summed E-state index contributed by atoms with van der Waals surface area (Å²) in [6, 6.07) is 14.8. The van der Waals surface area contributed by atoms with Crippen LogP contribution in [0.25, 0.3) is 0 Å². The van der Waals surface area contributed by atoms with E-state index < -0.39 is 0 Å². The molecule has 0 aliphatic heterocycles. The summed E-state index contributed by atoms with van der Waals surface area (Å²) in [5.74, 6) is 1.49. The van der Waals surface area contributed by atoms with Crippen molar-refractivity contribution in [3.8, 4) is 5.75 Å². The highest BCUT2D eigenvalue weighted by Gasteiger charge is 2.03. The Labute approximate surface area is 128 Å². The van der Waals surface area contributed by atoms with Gasteiger partial charge in [-0.2, -0.15) is 0 Å². The largest absolute Gasteiger partial charge is 0.492 e. The summed E-state index contributed by atoms with van der Waals surface area (Å²) in [5, 5.41) is 3.41. The van der Waals surface area contributed by atoms with E-state index in [9.17, 15) is 0 Å². The van der Waals surface area contributed by atoms with E-state index in [0.29, 0.717) is 12.5 Å². The topological polar surface area (TPSA) is 21.3 Å². The average molecular weight is 283 g/mol. The molecule has 0 saturated heterocycles. The number of hydrogen-bond acceptors (Lipinski definition) is 2. The van der Waals surface area contributed by atoms with Crippen LogP contribution in [0, 0.1) is 13.8 Å². The van der Waals surface area contributed by atoms with Gasteiger partial charge in [-0.05, 0) is 54.7 Å². The fraction of sp³-hybridized carbons (Fsp3) is 0.368. The fourth-order valence-electron chi connectivity index (χ4n) is 2.32. The minimum absolute atomic E-state index is 0.525. The van der Waals surface area contributed by atoms with Crippen molar-refractivity contribution in [1.29, 1.82) is 0 Å². The Bertz CT molecular complexity index is 590. The third kappa shape index (κ3) is 4.52. The van der Waals surface area contributed by atoms with E-state index in [1.165, 1.54) is 22.4 Å². The number of ether oxygens (including phenoxy) is 1. The van der Waals surface area contributed by atoms with Crippen molar-refractivity contribution in [1.82, 2.24) is 0 Å². The molecule has 0 atom stereocenters. The Morgan fingerprint density at radius 2 is 1.81 bits per heavy atom. The lowest BCUT2D eigenvalue weighted by Crippen LogP contribution is -2.12. The lowest BCUT2D eigenvalue weighted by atomic mass is 10.0. The van der Waals surface area contributed by atoms with E-state index in [4.69, 9.17) is 4.74 Å². The molecule has 0 unspecified atom stereocenters. The second-order valence-electron chi connectivity index (χ2n) is 5.82. The van der Waals surface area contributed by atoms with E-state index in [1.807, 2.05) is 6.07 Å². The Morgan fingerprint density at radius 3 is 2.52 bits per heavy atom. The monoisotopic (exact) mass is 283 g/mol. The van der Waals surface area contributed by atoms with Gasteiger partial charge in [0.15, 0.2) is 0 Å². The van der Waals surface area contributed by atoms with Gasteiger partial charge in [0.1, 0.15) is 12.4 Å². The smallest absolute Gasteiger partial charge is 0.119 e. The molecule has 0 aliphatic rings. The number of hydrogen-bond donors (Lipinski definition) is 1. The summed E-state index contributed by atoms with van der Waals surface area (Å²) < 4.78 is 5.88. The van der Waals surface area contributed by atoms with Gasteiger partial charge < -0.3 is 10.1 Å². The summed E-state index contributed by atoms with van der Waals surface area (Å²) >= 11 is 0. The zero-order chi connectivity index (χ0) is 15.2. The predicted molar refractivity (Wildman–Crippen MR) is 90.4 cm³/mol. The summed E-state index contributed by atoms with van der Waals surface area (Å²) in [4.78, 5) is 0. The molecular formula is C19H25NO. The Balaban J connectivity index is 1.88. The van der Waals surface area contributed by atoms with Crippen LogP contribution in [-0.2, 0) is 0 Å². The second kappa shape index (κ2) is 7.16. The molecule has 0 saturated carbocycles. The quantitative estimate of drug-likeness (QED) is 0.760. The molecule has 0 spiro atoms. The van der Waals surface area contributed by atoms with Crippen LogP contribution < -0.4 is 10.1 Å². The van der Waals surface area contributed by atoms with Gasteiger partial charge in [-0.1, -0.05) is 38.1 Å². The van der Waals surface area contributed by atoms with Crippen molar-refractivity contribution < 1.29 is 4.74 Å². The van der Waals surface area contributed by atoms with Crippen LogP contribution in [0.15, 0.2) is 42.5 Å². The molecule has 2 nitrogen and oxygen atoms in total. The summed E-state index contributed by atoms with van der Waals surface area (Å²) in [6.45, 7) is 10.1. The van der Waals surface area contributed by atoms with E-state index in [0.717, 1.165) is 12.3 Å². The summed E-state index contributed by atoms with van der Waals surface area (Å²) in [7, 11) is 0. The molecular weight excluding hydrogens is 258 g/mol. The average Bonchev–Trinajstić information content (AvgIpc) is 2.44. The number of para-hydroxylation sites is 1. The standard InChI is InChI=1S/C19H25NO/c1-14(2)17-11-15(3)12-18(13-17)21-10-9-20-19-8-6-5-7-16(19)4/h5-8,11-14,20H,9-10H2,1-4H3. The predicted octanol–water partition coefficient (Wildman–Crippen LogP) is 4.92. The van der Waals surface area contributed by atoms with Gasteiger partial charge in [-0.15, -0.1) is 0 Å². The van der Waals surface area contributed by atoms with Crippen molar-refractivity contribution in [2.24, 2.45) is 0 Å². The lowest BCUT2D eigenvalue weighted by Gasteiger charge is -2.13. The van der Waals surface area contributed by atoms with Gasteiger partial charge in [-0.3, -0.25) is 0 Å². The van der Waals surface area contributed by atoms with Crippen molar-refractivity contribution in [2.45, 2.75) is 33.6 Å². The summed E-state index contributed by atoms with van der Waals surface area (Å²) in [5.41, 5.74) is 5.02. The Hall–Kier alpha value is -1.96. The minimum atomic E-state index is 0.525. The molecule has 21 heavy (non-hydrogen) atoms. The normalized spacial score (nSPS) is 10.7. The molecule has 0 radical (unpaired) electrons. The van der Waals surface area contributed by atoms with Crippen LogP contribution in [0.4, 0.5) is 5.69 Å². The van der Waals surface area contributed by atoms with Gasteiger partial charge in [0.2, 0.25) is 0 Å². The zero-order valence-corrected chi connectivity index (χ0v) is 13.4. The maximum Gasteiger partial charge on any atom is 0.119 e. The van der Waals surface area contributed by atoms with Crippen molar-refractivity contribution in [2.75, 3.05) is 18.5 Å². The minimum Gasteiger partial charge on any atom is -0.492 e. The first-order valence-electron chi connectivity index (χ1n) is 7.60. The van der Waals surface area contributed by atoms with Crippen LogP contribution in [0.2, 0.25) is 0 Å². The van der Waals surface area contributed by atoms with E-state index in [1.54, 1.807) is 0 Å². The molecule has 0 bridgehead atoms. The van der Waals surface area contributed by atoms with Crippen LogP contribution in [0.5, 0.6) is 5.75 Å². The Morgan fingerprint density at radius 1 is 1.05 bits per heavy atom. The van der Waals surface area contributed by atoms with Gasteiger partial charge in [-0.25, -0.2) is 0 Å². The first-order chi connectivity index (χ1) is 10.1.